The molecule has 2 aromatic heterocycles. The normalized spacial score (nSPS) is 12.4. The van der Waals surface area contributed by atoms with Crippen molar-refractivity contribution in [3.63, 3.8) is 0 Å². The van der Waals surface area contributed by atoms with Crippen molar-refractivity contribution in [2.45, 2.75) is 33.5 Å². The van der Waals surface area contributed by atoms with E-state index in [1.165, 1.54) is 0 Å². The zero-order chi connectivity index (χ0) is 16.3. The summed E-state index contributed by atoms with van der Waals surface area (Å²) < 4.78 is 5.46. The fourth-order valence-electron chi connectivity index (χ4n) is 2.18. The molecule has 0 bridgehead atoms. The van der Waals surface area contributed by atoms with Crippen LogP contribution in [0.4, 0.5) is 0 Å². The van der Waals surface area contributed by atoms with E-state index < -0.39 is 0 Å². The molecule has 0 N–H and O–H groups in total. The van der Waals surface area contributed by atoms with Gasteiger partial charge in [-0.1, -0.05) is 6.92 Å². The largest absolute Gasteiger partial charge is 0.339 e. The molecule has 120 valence electrons. The highest BCUT2D eigenvalue weighted by atomic mass is 79.9. The quantitative estimate of drug-likeness (QED) is 0.705. The molecule has 1 amide bonds. The molecule has 0 spiro atoms. The number of hydrogen-bond acceptors (Lipinski definition) is 3. The minimum Gasteiger partial charge on any atom is -0.339 e. The number of hydrogen-bond donors (Lipinski definition) is 0. The Morgan fingerprint density at radius 3 is 2.64 bits per heavy atom. The molecule has 2 aromatic rings. The molecule has 0 fully saturated rings. The second-order valence-corrected chi connectivity index (χ2v) is 7.03. The van der Waals surface area contributed by atoms with Crippen LogP contribution < -0.4 is 0 Å². The van der Waals surface area contributed by atoms with Crippen LogP contribution in [0.2, 0.25) is 0 Å². The van der Waals surface area contributed by atoms with Crippen molar-refractivity contribution in [2.75, 3.05) is 7.05 Å². The van der Waals surface area contributed by atoms with E-state index in [2.05, 4.69) is 42.1 Å². The Balaban J connectivity index is 1.97. The smallest absolute Gasteiger partial charge is 0.227 e. The molecular formula is C14H19Br2N5O. The third kappa shape index (κ3) is 4.19. The van der Waals surface area contributed by atoms with Crippen molar-refractivity contribution in [3.05, 3.63) is 33.2 Å². The highest BCUT2D eigenvalue weighted by Crippen LogP contribution is 2.17. The van der Waals surface area contributed by atoms with Crippen LogP contribution in [0, 0.1) is 5.92 Å². The van der Waals surface area contributed by atoms with Gasteiger partial charge in [-0.2, -0.15) is 10.2 Å². The second kappa shape index (κ2) is 7.41. The Hall–Kier alpha value is -1.15. The maximum absolute atomic E-state index is 12.5. The standard InChI is InChI=1S/C14H19Br2N5O/c1-4-20-8-12(16)13(18-20)9-19(3)14(22)10(2)6-21-7-11(15)5-17-21/h5,7-8,10H,4,6,9H2,1-3H3. The molecule has 2 heterocycles. The zero-order valence-electron chi connectivity index (χ0n) is 12.8. The lowest BCUT2D eigenvalue weighted by Gasteiger charge is -2.20. The van der Waals surface area contributed by atoms with Gasteiger partial charge in [-0.25, -0.2) is 0 Å². The third-order valence-corrected chi connectivity index (χ3v) is 4.43. The number of amides is 1. The topological polar surface area (TPSA) is 56.0 Å². The van der Waals surface area contributed by atoms with E-state index in [9.17, 15) is 4.79 Å². The molecule has 0 aromatic carbocycles. The maximum Gasteiger partial charge on any atom is 0.227 e. The van der Waals surface area contributed by atoms with Gasteiger partial charge in [0.1, 0.15) is 0 Å². The molecule has 22 heavy (non-hydrogen) atoms. The van der Waals surface area contributed by atoms with Gasteiger partial charge in [-0.3, -0.25) is 14.2 Å². The molecule has 0 aliphatic heterocycles. The Labute approximate surface area is 146 Å². The summed E-state index contributed by atoms with van der Waals surface area (Å²) in [6, 6.07) is 0. The highest BCUT2D eigenvalue weighted by molar-refractivity contribution is 9.10. The summed E-state index contributed by atoms with van der Waals surface area (Å²) in [6.45, 7) is 5.79. The van der Waals surface area contributed by atoms with Crippen LogP contribution in [-0.4, -0.2) is 37.4 Å². The molecule has 1 atom stereocenters. The Bertz CT molecular complexity index is 651. The van der Waals surface area contributed by atoms with Crippen LogP contribution in [0.25, 0.3) is 0 Å². The van der Waals surface area contributed by atoms with Gasteiger partial charge in [0, 0.05) is 26.0 Å². The van der Waals surface area contributed by atoms with Gasteiger partial charge in [-0.15, -0.1) is 0 Å². The van der Waals surface area contributed by atoms with Crippen molar-refractivity contribution in [1.29, 1.82) is 0 Å². The lowest BCUT2D eigenvalue weighted by molar-refractivity contribution is -0.134. The van der Waals surface area contributed by atoms with E-state index >= 15 is 0 Å². The van der Waals surface area contributed by atoms with Crippen LogP contribution >= 0.6 is 31.9 Å². The fraction of sp³-hybridized carbons (Fsp3) is 0.500. The van der Waals surface area contributed by atoms with Gasteiger partial charge in [0.05, 0.1) is 39.8 Å². The molecule has 0 aliphatic carbocycles. The van der Waals surface area contributed by atoms with Crippen molar-refractivity contribution in [2.24, 2.45) is 5.92 Å². The van der Waals surface area contributed by atoms with Gasteiger partial charge in [-0.05, 0) is 38.8 Å². The minimum absolute atomic E-state index is 0.0737. The number of rotatable bonds is 6. The van der Waals surface area contributed by atoms with Crippen molar-refractivity contribution >= 4 is 37.8 Å². The SMILES string of the molecule is CCn1cc(Br)c(CN(C)C(=O)C(C)Cn2cc(Br)cn2)n1. The summed E-state index contributed by atoms with van der Waals surface area (Å²) in [5.74, 6) is -0.0755. The van der Waals surface area contributed by atoms with Crippen molar-refractivity contribution in [3.8, 4) is 0 Å². The monoisotopic (exact) mass is 431 g/mol. The van der Waals surface area contributed by atoms with Gasteiger partial charge >= 0.3 is 0 Å². The lowest BCUT2D eigenvalue weighted by Crippen LogP contribution is -2.33. The minimum atomic E-state index is -0.149. The molecule has 2 rings (SSSR count). The molecule has 1 unspecified atom stereocenters. The summed E-state index contributed by atoms with van der Waals surface area (Å²) in [7, 11) is 1.80. The second-order valence-electron chi connectivity index (χ2n) is 5.26. The number of nitrogens with zero attached hydrogens (tertiary/aromatic N) is 5. The van der Waals surface area contributed by atoms with Crippen LogP contribution in [0.15, 0.2) is 27.5 Å². The van der Waals surface area contributed by atoms with Gasteiger partial charge in [0.25, 0.3) is 0 Å². The average molecular weight is 433 g/mol. The zero-order valence-corrected chi connectivity index (χ0v) is 16.0. The molecule has 0 saturated heterocycles. The van der Waals surface area contributed by atoms with E-state index in [-0.39, 0.29) is 11.8 Å². The molecular weight excluding hydrogens is 414 g/mol. The molecule has 0 saturated carbocycles. The molecule has 0 radical (unpaired) electrons. The maximum atomic E-state index is 12.5. The van der Waals surface area contributed by atoms with Gasteiger partial charge in [0.2, 0.25) is 5.91 Å². The lowest BCUT2D eigenvalue weighted by atomic mass is 10.1. The first-order valence-corrected chi connectivity index (χ1v) is 8.64. The predicted octanol–water partition coefficient (Wildman–Crippen LogP) is 2.92. The number of halogens is 2. The average Bonchev–Trinajstić information content (AvgIpc) is 3.04. The molecule has 8 heteroatoms. The highest BCUT2D eigenvalue weighted by Gasteiger charge is 2.20. The van der Waals surface area contributed by atoms with E-state index in [0.29, 0.717) is 13.1 Å². The number of aryl methyl sites for hydroxylation is 1. The first kappa shape index (κ1) is 17.2. The van der Waals surface area contributed by atoms with Gasteiger partial charge < -0.3 is 4.90 Å². The van der Waals surface area contributed by atoms with Gasteiger partial charge in [0.15, 0.2) is 0 Å². The van der Waals surface area contributed by atoms with Crippen LogP contribution in [0.5, 0.6) is 0 Å². The molecule has 6 nitrogen and oxygen atoms in total. The first-order chi connectivity index (χ1) is 10.4. The summed E-state index contributed by atoms with van der Waals surface area (Å²) in [5.41, 5.74) is 0.867. The Morgan fingerprint density at radius 2 is 2.09 bits per heavy atom. The van der Waals surface area contributed by atoms with E-state index in [1.807, 2.05) is 30.9 Å². The first-order valence-electron chi connectivity index (χ1n) is 7.05. The predicted molar refractivity (Wildman–Crippen MR) is 91.2 cm³/mol. The number of carbonyl (C=O) groups is 1. The van der Waals surface area contributed by atoms with E-state index in [4.69, 9.17) is 0 Å². The molecule has 0 aliphatic rings. The van der Waals surface area contributed by atoms with Crippen LogP contribution in [0.1, 0.15) is 19.5 Å². The Kier molecular flexibility index (Phi) is 5.80. The van der Waals surface area contributed by atoms with E-state index in [0.717, 1.165) is 21.2 Å². The summed E-state index contributed by atoms with van der Waals surface area (Å²) in [6.07, 6.45) is 5.51. The van der Waals surface area contributed by atoms with E-state index in [1.54, 1.807) is 22.8 Å². The number of carbonyl (C=O) groups excluding carboxylic acids is 1. The van der Waals surface area contributed by atoms with Crippen LogP contribution in [-0.2, 0) is 24.4 Å². The summed E-state index contributed by atoms with van der Waals surface area (Å²) >= 11 is 6.84. The summed E-state index contributed by atoms with van der Waals surface area (Å²) in [4.78, 5) is 14.2. The van der Waals surface area contributed by atoms with Crippen LogP contribution in [0.3, 0.4) is 0 Å². The van der Waals surface area contributed by atoms with Crippen molar-refractivity contribution in [1.82, 2.24) is 24.5 Å². The van der Waals surface area contributed by atoms with Crippen molar-refractivity contribution < 1.29 is 4.79 Å². The summed E-state index contributed by atoms with van der Waals surface area (Å²) in [5, 5.41) is 8.64. The number of aromatic nitrogens is 4. The third-order valence-electron chi connectivity index (χ3n) is 3.36. The fourth-order valence-corrected chi connectivity index (χ4v) is 2.95. The Morgan fingerprint density at radius 1 is 1.36 bits per heavy atom.